The van der Waals surface area contributed by atoms with Crippen LogP contribution < -0.4 is 4.90 Å². The van der Waals surface area contributed by atoms with Crippen LogP contribution in [0, 0.1) is 0 Å². The predicted molar refractivity (Wildman–Crippen MR) is 76.2 cm³/mol. The summed E-state index contributed by atoms with van der Waals surface area (Å²) in [5.41, 5.74) is 4.15. The van der Waals surface area contributed by atoms with Crippen molar-refractivity contribution in [3.63, 3.8) is 0 Å². The molecule has 0 aliphatic rings. The Labute approximate surface area is 112 Å². The summed E-state index contributed by atoms with van der Waals surface area (Å²) in [6.45, 7) is 2.06. The van der Waals surface area contributed by atoms with Crippen LogP contribution in [0.3, 0.4) is 0 Å². The molecule has 0 N–H and O–H groups in total. The normalized spacial score (nSPS) is 10.4. The van der Waals surface area contributed by atoms with E-state index in [0.717, 1.165) is 28.9 Å². The van der Waals surface area contributed by atoms with Gasteiger partial charge in [-0.2, -0.15) is 0 Å². The summed E-state index contributed by atoms with van der Waals surface area (Å²) in [4.78, 5) is 10.4. The lowest BCUT2D eigenvalue weighted by Crippen LogP contribution is -2.08. The molecular weight excluding hydrogens is 246 g/mol. The van der Waals surface area contributed by atoms with E-state index in [1.807, 2.05) is 14.1 Å². The minimum absolute atomic E-state index is 0.541. The van der Waals surface area contributed by atoms with Gasteiger partial charge < -0.3 is 4.90 Å². The Morgan fingerprint density at radius 1 is 1.11 bits per heavy atom. The third-order valence-corrected chi connectivity index (χ3v) is 3.23. The van der Waals surface area contributed by atoms with E-state index in [1.165, 1.54) is 6.33 Å². The van der Waals surface area contributed by atoms with Crippen molar-refractivity contribution in [2.75, 3.05) is 19.0 Å². The van der Waals surface area contributed by atoms with Gasteiger partial charge in [-0.3, -0.25) is 0 Å². The largest absolute Gasteiger partial charge is 0.378 e. The van der Waals surface area contributed by atoms with Crippen molar-refractivity contribution in [2.45, 2.75) is 13.3 Å². The first-order chi connectivity index (χ1) is 8.63. The third kappa shape index (κ3) is 2.46. The molecule has 0 fully saturated rings. The van der Waals surface area contributed by atoms with Gasteiger partial charge in [-0.1, -0.05) is 30.7 Å². The fourth-order valence-electron chi connectivity index (χ4n) is 1.87. The lowest BCUT2D eigenvalue weighted by atomic mass is 10.1. The molecule has 0 saturated heterocycles. The molecule has 1 aromatic carbocycles. The Morgan fingerprint density at radius 2 is 1.78 bits per heavy atom. The van der Waals surface area contributed by atoms with Crippen molar-refractivity contribution in [3.8, 4) is 11.3 Å². The first-order valence-corrected chi connectivity index (χ1v) is 6.28. The maximum atomic E-state index is 6.10. The van der Waals surface area contributed by atoms with Crippen LogP contribution in [0.5, 0.6) is 0 Å². The van der Waals surface area contributed by atoms with E-state index in [-0.39, 0.29) is 0 Å². The van der Waals surface area contributed by atoms with E-state index in [9.17, 15) is 0 Å². The number of hydrogen-bond donors (Lipinski definition) is 0. The Morgan fingerprint density at radius 3 is 2.33 bits per heavy atom. The molecule has 0 atom stereocenters. The van der Waals surface area contributed by atoms with Gasteiger partial charge in [0.05, 0.1) is 5.69 Å². The number of rotatable bonds is 3. The summed E-state index contributed by atoms with van der Waals surface area (Å²) in [6, 6.07) is 8.27. The van der Waals surface area contributed by atoms with Gasteiger partial charge in [-0.05, 0) is 18.6 Å². The van der Waals surface area contributed by atoms with Crippen LogP contribution in [0.15, 0.2) is 30.6 Å². The van der Waals surface area contributed by atoms with E-state index in [1.54, 1.807) is 0 Å². The average Bonchev–Trinajstić information content (AvgIpc) is 2.38. The van der Waals surface area contributed by atoms with Crippen molar-refractivity contribution in [1.82, 2.24) is 9.97 Å². The van der Waals surface area contributed by atoms with Crippen molar-refractivity contribution >= 4 is 17.3 Å². The lowest BCUT2D eigenvalue weighted by molar-refractivity contribution is 1.05. The van der Waals surface area contributed by atoms with E-state index in [4.69, 9.17) is 11.6 Å². The molecular formula is C14H16ClN3. The molecule has 0 aliphatic carbocycles. The van der Waals surface area contributed by atoms with Gasteiger partial charge in [0.15, 0.2) is 0 Å². The molecule has 2 aromatic rings. The maximum absolute atomic E-state index is 6.10. The van der Waals surface area contributed by atoms with E-state index in [0.29, 0.717) is 5.15 Å². The zero-order valence-electron chi connectivity index (χ0n) is 10.8. The number of halogens is 1. The summed E-state index contributed by atoms with van der Waals surface area (Å²) < 4.78 is 0. The predicted octanol–water partition coefficient (Wildman–Crippen LogP) is 3.43. The number of nitrogens with zero attached hydrogens (tertiary/aromatic N) is 3. The quantitative estimate of drug-likeness (QED) is 0.793. The Kier molecular flexibility index (Phi) is 3.82. The van der Waals surface area contributed by atoms with Crippen LogP contribution >= 0.6 is 11.6 Å². The van der Waals surface area contributed by atoms with Gasteiger partial charge in [0.2, 0.25) is 0 Å². The van der Waals surface area contributed by atoms with Crippen molar-refractivity contribution in [2.24, 2.45) is 0 Å². The van der Waals surface area contributed by atoms with Gasteiger partial charge in [-0.15, -0.1) is 0 Å². The van der Waals surface area contributed by atoms with Gasteiger partial charge in [0.25, 0.3) is 0 Å². The van der Waals surface area contributed by atoms with Crippen LogP contribution in [0.4, 0.5) is 5.69 Å². The van der Waals surface area contributed by atoms with Crippen molar-refractivity contribution in [1.29, 1.82) is 0 Å². The molecule has 0 aliphatic heterocycles. The summed E-state index contributed by atoms with van der Waals surface area (Å²) in [7, 11) is 4.04. The molecule has 2 rings (SSSR count). The van der Waals surface area contributed by atoms with Crippen LogP contribution in [-0.2, 0) is 6.42 Å². The van der Waals surface area contributed by atoms with E-state index >= 15 is 0 Å². The Hall–Kier alpha value is -1.61. The number of aromatic nitrogens is 2. The van der Waals surface area contributed by atoms with Crippen molar-refractivity contribution < 1.29 is 0 Å². The van der Waals surface area contributed by atoms with E-state index < -0.39 is 0 Å². The molecule has 0 saturated carbocycles. The zero-order valence-corrected chi connectivity index (χ0v) is 11.6. The third-order valence-electron chi connectivity index (χ3n) is 2.90. The monoisotopic (exact) mass is 261 g/mol. The second-order valence-electron chi connectivity index (χ2n) is 4.29. The van der Waals surface area contributed by atoms with Gasteiger partial charge in [0.1, 0.15) is 11.5 Å². The topological polar surface area (TPSA) is 29.0 Å². The molecule has 1 heterocycles. The summed E-state index contributed by atoms with van der Waals surface area (Å²) >= 11 is 6.10. The minimum atomic E-state index is 0.541. The van der Waals surface area contributed by atoms with E-state index in [2.05, 4.69) is 46.1 Å². The number of benzene rings is 1. The second kappa shape index (κ2) is 5.36. The Bertz CT molecular complexity index is 535. The molecule has 94 valence electrons. The first-order valence-electron chi connectivity index (χ1n) is 5.90. The minimum Gasteiger partial charge on any atom is -0.378 e. The molecule has 0 bridgehead atoms. The molecule has 0 unspecified atom stereocenters. The highest BCUT2D eigenvalue weighted by molar-refractivity contribution is 6.30. The molecule has 4 heteroatoms. The maximum Gasteiger partial charge on any atom is 0.136 e. The highest BCUT2D eigenvalue weighted by Gasteiger charge is 2.10. The molecule has 1 aromatic heterocycles. The second-order valence-corrected chi connectivity index (χ2v) is 4.64. The summed E-state index contributed by atoms with van der Waals surface area (Å²) in [5, 5.41) is 0.541. The van der Waals surface area contributed by atoms with Crippen molar-refractivity contribution in [3.05, 3.63) is 41.3 Å². The summed E-state index contributed by atoms with van der Waals surface area (Å²) in [6.07, 6.45) is 2.33. The Balaban J connectivity index is 2.46. The van der Waals surface area contributed by atoms with Crippen LogP contribution in [0.25, 0.3) is 11.3 Å². The lowest BCUT2D eigenvalue weighted by Gasteiger charge is -2.13. The first kappa shape index (κ1) is 12.8. The number of anilines is 1. The molecule has 0 spiro atoms. The molecule has 18 heavy (non-hydrogen) atoms. The highest BCUT2D eigenvalue weighted by Crippen LogP contribution is 2.27. The van der Waals surface area contributed by atoms with Gasteiger partial charge in [-0.25, -0.2) is 9.97 Å². The summed E-state index contributed by atoms with van der Waals surface area (Å²) in [5.74, 6) is 0. The number of hydrogen-bond acceptors (Lipinski definition) is 3. The molecule has 0 amide bonds. The fraction of sp³-hybridized carbons (Fsp3) is 0.286. The highest BCUT2D eigenvalue weighted by atomic mass is 35.5. The SMILES string of the molecule is CCc1c(Cl)ncnc1-c1ccc(N(C)C)cc1. The van der Waals surface area contributed by atoms with Crippen LogP contribution in [-0.4, -0.2) is 24.1 Å². The fourth-order valence-corrected chi connectivity index (χ4v) is 2.14. The molecule has 0 radical (unpaired) electrons. The zero-order chi connectivity index (χ0) is 13.1. The smallest absolute Gasteiger partial charge is 0.136 e. The molecule has 3 nitrogen and oxygen atoms in total. The average molecular weight is 262 g/mol. The van der Waals surface area contributed by atoms with Crippen LogP contribution in [0.1, 0.15) is 12.5 Å². The van der Waals surface area contributed by atoms with Gasteiger partial charge in [0, 0.05) is 30.9 Å². The standard InChI is InChI=1S/C14H16ClN3/c1-4-12-13(16-9-17-14(12)15)10-5-7-11(8-6-10)18(2)3/h5-9H,4H2,1-3H3. The van der Waals surface area contributed by atoms with Crippen LogP contribution in [0.2, 0.25) is 5.15 Å². The van der Waals surface area contributed by atoms with Gasteiger partial charge >= 0.3 is 0 Å².